The number of oxazole rings is 1. The lowest BCUT2D eigenvalue weighted by Crippen LogP contribution is -2.25. The standard InChI is InChI=1S/C24H25N3O3S/c1-5-29-21-13-9-7-11-18(21)22-25-20(16(4)30-22)14-31-24-26-19-12-8-6-10-17(19)23(28)27(24)15(2)3/h6-13,15H,5,14H2,1-4H3. The van der Waals surface area contributed by atoms with Crippen LogP contribution >= 0.6 is 11.8 Å². The van der Waals surface area contributed by atoms with Gasteiger partial charge in [-0.1, -0.05) is 36.0 Å². The number of aromatic nitrogens is 3. The van der Waals surface area contributed by atoms with Gasteiger partial charge in [0.15, 0.2) is 5.16 Å². The van der Waals surface area contributed by atoms with E-state index in [1.807, 2.05) is 76.2 Å². The second kappa shape index (κ2) is 8.98. The van der Waals surface area contributed by atoms with Crippen molar-refractivity contribution in [3.63, 3.8) is 0 Å². The quantitative estimate of drug-likeness (QED) is 0.277. The van der Waals surface area contributed by atoms with Crippen LogP contribution in [0.25, 0.3) is 22.4 Å². The van der Waals surface area contributed by atoms with Crippen molar-refractivity contribution in [2.24, 2.45) is 0 Å². The Balaban J connectivity index is 1.66. The second-order valence-electron chi connectivity index (χ2n) is 7.42. The van der Waals surface area contributed by atoms with Crippen LogP contribution < -0.4 is 10.3 Å². The first-order chi connectivity index (χ1) is 15.0. The van der Waals surface area contributed by atoms with Gasteiger partial charge in [-0.15, -0.1) is 0 Å². The van der Waals surface area contributed by atoms with E-state index in [1.54, 1.807) is 4.57 Å². The topological polar surface area (TPSA) is 70.2 Å². The molecule has 7 heteroatoms. The van der Waals surface area contributed by atoms with E-state index in [4.69, 9.17) is 19.1 Å². The second-order valence-corrected chi connectivity index (χ2v) is 8.36. The molecular formula is C24H25N3O3S. The molecule has 31 heavy (non-hydrogen) atoms. The summed E-state index contributed by atoms with van der Waals surface area (Å²) in [5.41, 5.74) is 2.33. The minimum atomic E-state index is -0.0219. The Morgan fingerprint density at radius 1 is 1.10 bits per heavy atom. The summed E-state index contributed by atoms with van der Waals surface area (Å²) in [6.45, 7) is 8.40. The number of hydrogen-bond acceptors (Lipinski definition) is 6. The Morgan fingerprint density at radius 3 is 2.61 bits per heavy atom. The molecule has 0 aliphatic heterocycles. The summed E-state index contributed by atoms with van der Waals surface area (Å²) >= 11 is 1.49. The minimum absolute atomic E-state index is 0.000794. The molecule has 0 amide bonds. The lowest BCUT2D eigenvalue weighted by atomic mass is 10.2. The lowest BCUT2D eigenvalue weighted by molar-refractivity contribution is 0.340. The molecule has 6 nitrogen and oxygen atoms in total. The van der Waals surface area contributed by atoms with Crippen molar-refractivity contribution in [3.05, 3.63) is 70.3 Å². The molecule has 0 spiro atoms. The summed E-state index contributed by atoms with van der Waals surface area (Å²) in [7, 11) is 0. The van der Waals surface area contributed by atoms with Gasteiger partial charge in [0, 0.05) is 11.8 Å². The normalized spacial score (nSPS) is 11.4. The summed E-state index contributed by atoms with van der Waals surface area (Å²) < 4.78 is 13.4. The van der Waals surface area contributed by atoms with Crippen molar-refractivity contribution in [1.29, 1.82) is 0 Å². The van der Waals surface area contributed by atoms with Crippen LogP contribution in [0.5, 0.6) is 5.75 Å². The monoisotopic (exact) mass is 435 g/mol. The number of nitrogens with zero attached hydrogens (tertiary/aromatic N) is 3. The molecule has 4 aromatic rings. The zero-order valence-corrected chi connectivity index (χ0v) is 18.9. The number of fused-ring (bicyclic) bond motifs is 1. The van der Waals surface area contributed by atoms with E-state index in [1.165, 1.54) is 11.8 Å². The maximum atomic E-state index is 13.0. The molecule has 0 saturated carbocycles. The zero-order valence-electron chi connectivity index (χ0n) is 18.1. The van der Waals surface area contributed by atoms with Crippen LogP contribution in [0.2, 0.25) is 0 Å². The molecule has 0 aliphatic rings. The predicted molar refractivity (Wildman–Crippen MR) is 124 cm³/mol. The molecule has 0 N–H and O–H groups in total. The fourth-order valence-corrected chi connectivity index (χ4v) is 4.55. The molecule has 0 aliphatic carbocycles. The fraction of sp³-hybridized carbons (Fsp3) is 0.292. The molecule has 0 unspecified atom stereocenters. The number of aryl methyl sites for hydroxylation is 1. The average molecular weight is 436 g/mol. The number of para-hydroxylation sites is 2. The van der Waals surface area contributed by atoms with Crippen LogP contribution in [0, 0.1) is 6.92 Å². The molecule has 2 aromatic carbocycles. The van der Waals surface area contributed by atoms with Crippen LogP contribution in [0.4, 0.5) is 0 Å². The van der Waals surface area contributed by atoms with Crippen LogP contribution in [-0.4, -0.2) is 21.1 Å². The van der Waals surface area contributed by atoms with Gasteiger partial charge in [0.25, 0.3) is 5.56 Å². The molecule has 0 bridgehead atoms. The van der Waals surface area contributed by atoms with Crippen molar-refractivity contribution < 1.29 is 9.15 Å². The molecule has 2 heterocycles. The Morgan fingerprint density at radius 2 is 1.84 bits per heavy atom. The van der Waals surface area contributed by atoms with Gasteiger partial charge in [-0.05, 0) is 52.0 Å². The summed E-state index contributed by atoms with van der Waals surface area (Å²) in [4.78, 5) is 22.5. The van der Waals surface area contributed by atoms with Crippen molar-refractivity contribution >= 4 is 22.7 Å². The number of thioether (sulfide) groups is 1. The predicted octanol–water partition coefficient (Wildman–Crippen LogP) is 5.63. The summed E-state index contributed by atoms with van der Waals surface area (Å²) in [5, 5.41) is 1.31. The van der Waals surface area contributed by atoms with Gasteiger partial charge < -0.3 is 9.15 Å². The number of ether oxygens (including phenoxy) is 1. The first kappa shape index (κ1) is 21.2. The van der Waals surface area contributed by atoms with E-state index in [9.17, 15) is 4.79 Å². The van der Waals surface area contributed by atoms with Crippen LogP contribution in [-0.2, 0) is 5.75 Å². The fourth-order valence-electron chi connectivity index (χ4n) is 3.42. The van der Waals surface area contributed by atoms with Gasteiger partial charge in [-0.2, -0.15) is 0 Å². The van der Waals surface area contributed by atoms with Gasteiger partial charge in [0.2, 0.25) is 5.89 Å². The maximum absolute atomic E-state index is 13.0. The highest BCUT2D eigenvalue weighted by Gasteiger charge is 2.18. The van der Waals surface area contributed by atoms with Crippen molar-refractivity contribution in [2.75, 3.05) is 6.61 Å². The van der Waals surface area contributed by atoms with Crippen LogP contribution in [0.3, 0.4) is 0 Å². The average Bonchev–Trinajstić information content (AvgIpc) is 3.13. The van der Waals surface area contributed by atoms with Gasteiger partial charge in [0.1, 0.15) is 11.5 Å². The molecule has 0 radical (unpaired) electrons. The van der Waals surface area contributed by atoms with E-state index in [-0.39, 0.29) is 11.6 Å². The lowest BCUT2D eigenvalue weighted by Gasteiger charge is -2.15. The van der Waals surface area contributed by atoms with E-state index < -0.39 is 0 Å². The van der Waals surface area contributed by atoms with E-state index in [0.29, 0.717) is 34.3 Å². The first-order valence-corrected chi connectivity index (χ1v) is 11.3. The smallest absolute Gasteiger partial charge is 0.262 e. The molecule has 2 aromatic heterocycles. The molecule has 0 atom stereocenters. The highest BCUT2D eigenvalue weighted by molar-refractivity contribution is 7.98. The van der Waals surface area contributed by atoms with Crippen molar-refractivity contribution in [2.45, 2.75) is 44.6 Å². The highest BCUT2D eigenvalue weighted by atomic mass is 32.2. The zero-order chi connectivity index (χ0) is 22.0. The van der Waals surface area contributed by atoms with Gasteiger partial charge in [-0.25, -0.2) is 9.97 Å². The van der Waals surface area contributed by atoms with Crippen LogP contribution in [0.1, 0.15) is 38.3 Å². The largest absolute Gasteiger partial charge is 0.493 e. The van der Waals surface area contributed by atoms with E-state index in [2.05, 4.69) is 0 Å². The van der Waals surface area contributed by atoms with Gasteiger partial charge in [0.05, 0.1) is 28.8 Å². The molecule has 160 valence electrons. The SMILES string of the molecule is CCOc1ccccc1-c1nc(CSc2nc3ccccc3c(=O)n2C(C)C)c(C)o1. The Hall–Kier alpha value is -3.06. The minimum Gasteiger partial charge on any atom is -0.493 e. The third-order valence-electron chi connectivity index (χ3n) is 4.94. The molecule has 0 saturated heterocycles. The number of rotatable bonds is 7. The van der Waals surface area contributed by atoms with E-state index in [0.717, 1.165) is 22.8 Å². The van der Waals surface area contributed by atoms with Gasteiger partial charge in [-0.3, -0.25) is 9.36 Å². The molecular weight excluding hydrogens is 410 g/mol. The summed E-state index contributed by atoms with van der Waals surface area (Å²) in [6, 6.07) is 15.2. The highest BCUT2D eigenvalue weighted by Crippen LogP contribution is 2.32. The van der Waals surface area contributed by atoms with Gasteiger partial charge >= 0.3 is 0 Å². The third kappa shape index (κ3) is 4.23. The maximum Gasteiger partial charge on any atom is 0.262 e. The number of hydrogen-bond donors (Lipinski definition) is 0. The van der Waals surface area contributed by atoms with Crippen molar-refractivity contribution in [1.82, 2.24) is 14.5 Å². The Bertz CT molecular complexity index is 1280. The van der Waals surface area contributed by atoms with Crippen LogP contribution in [0.15, 0.2) is 62.9 Å². The number of benzene rings is 2. The summed E-state index contributed by atoms with van der Waals surface area (Å²) in [6.07, 6.45) is 0. The van der Waals surface area contributed by atoms with E-state index >= 15 is 0 Å². The third-order valence-corrected chi connectivity index (χ3v) is 5.90. The molecule has 4 rings (SSSR count). The molecule has 0 fully saturated rings. The Labute approximate surface area is 185 Å². The first-order valence-electron chi connectivity index (χ1n) is 10.3. The summed E-state index contributed by atoms with van der Waals surface area (Å²) in [5.74, 6) is 2.57. The van der Waals surface area contributed by atoms with Crippen molar-refractivity contribution in [3.8, 4) is 17.2 Å². The Kier molecular flexibility index (Phi) is 6.13.